The molecule has 6 nitrogen and oxygen atoms in total. The van der Waals surface area contributed by atoms with Gasteiger partial charge in [-0.1, -0.05) is 46.4 Å². The third-order valence-electron chi connectivity index (χ3n) is 9.46. The molecule has 3 aliphatic heterocycles. The van der Waals surface area contributed by atoms with Gasteiger partial charge in [-0.15, -0.1) is 0 Å². The molecule has 18 heteroatoms. The van der Waals surface area contributed by atoms with Crippen LogP contribution in [0.2, 0.25) is 20.1 Å². The molecule has 3 saturated heterocycles. The zero-order chi connectivity index (χ0) is 37.2. The molecule has 3 aliphatic rings. The van der Waals surface area contributed by atoms with E-state index in [1.54, 1.807) is 0 Å². The minimum Gasteiger partial charge on any atom is -0.405 e. The first-order valence-electron chi connectivity index (χ1n) is 14.9. The first-order valence-corrected chi connectivity index (χ1v) is 17.2. The zero-order valence-electron chi connectivity index (χ0n) is 28.7. The van der Waals surface area contributed by atoms with Crippen LogP contribution in [0.5, 0.6) is 0 Å². The predicted octanol–water partition coefficient (Wildman–Crippen LogP) is 9.85. The van der Waals surface area contributed by atoms with Crippen molar-refractivity contribution >= 4 is 88.9 Å². The predicted molar refractivity (Wildman–Crippen MR) is 188 cm³/mol. The first kappa shape index (κ1) is 42.2. The molecule has 0 radical (unpaired) electrons. The number of halogens is 9. The van der Waals surface area contributed by atoms with Gasteiger partial charge >= 0.3 is 21.1 Å². The molecule has 5 rings (SSSR count). The van der Waals surface area contributed by atoms with Gasteiger partial charge in [0.1, 0.15) is 15.9 Å². The maximum atomic E-state index is 14.0. The largest absolute Gasteiger partial charge is 0.497 e. The Morgan fingerprint density at radius 2 is 0.771 bits per heavy atom. The lowest BCUT2D eigenvalue weighted by Crippen LogP contribution is -2.41. The molecule has 2 aromatic carbocycles. The second-order valence-corrected chi connectivity index (χ2v) is 16.9. The molecule has 0 amide bonds. The van der Waals surface area contributed by atoms with E-state index < -0.39 is 65.7 Å². The van der Waals surface area contributed by atoms with Crippen molar-refractivity contribution in [1.82, 2.24) is 0 Å². The van der Waals surface area contributed by atoms with Crippen LogP contribution in [-0.4, -0.2) is 54.7 Å². The lowest BCUT2D eigenvalue weighted by Gasteiger charge is -2.32. The molecule has 0 spiro atoms. The molecule has 0 aliphatic carbocycles. The second-order valence-electron chi connectivity index (χ2n) is 14.5. The molecule has 0 atom stereocenters. The van der Waals surface area contributed by atoms with Gasteiger partial charge in [0.25, 0.3) is 0 Å². The monoisotopic (exact) mass is 822 g/mol. The van der Waals surface area contributed by atoms with Crippen molar-refractivity contribution in [2.45, 2.75) is 117 Å². The first-order chi connectivity index (χ1) is 21.5. The minimum absolute atomic E-state index is 0.00458. The lowest BCUT2D eigenvalue weighted by atomic mass is 9.49. The molecule has 0 N–H and O–H groups in total. The van der Waals surface area contributed by atoms with E-state index in [9.17, 15) is 17.6 Å². The Hall–Kier alpha value is -0.245. The van der Waals surface area contributed by atoms with Crippen molar-refractivity contribution in [3.05, 3.63) is 60.0 Å². The van der Waals surface area contributed by atoms with E-state index in [-0.39, 0.29) is 42.4 Å². The van der Waals surface area contributed by atoms with Crippen LogP contribution < -0.4 is 5.46 Å². The Morgan fingerprint density at radius 3 is 1.12 bits per heavy atom. The molecule has 266 valence electrons. The zero-order valence-corrected chi connectivity index (χ0v) is 33.3. The second kappa shape index (κ2) is 14.3. The van der Waals surface area contributed by atoms with Crippen LogP contribution in [0.25, 0.3) is 0 Å². The van der Waals surface area contributed by atoms with Gasteiger partial charge in [-0.2, -0.15) is 0 Å². The van der Waals surface area contributed by atoms with Gasteiger partial charge in [0.05, 0.1) is 48.1 Å². The van der Waals surface area contributed by atoms with E-state index in [0.717, 1.165) is 12.1 Å². The Morgan fingerprint density at radius 1 is 0.479 bits per heavy atom. The van der Waals surface area contributed by atoms with E-state index >= 15 is 0 Å². The topological polar surface area (TPSA) is 55.4 Å². The third-order valence-corrected chi connectivity index (χ3v) is 11.3. The standard InChI is InChI=1S/C12H24B2O4.C12H13BCl2F2O2.C6HBrCl2F2/c1-9(2)10(3,4)16-13(15-9)14-17-11(5,6)12(7,8)18-14;1-11(2)12(3,4)19-13(18-11)6-5-7(14)10(17)8(15)9(6)16;7-2-1-3(8)6(11)4(9)5(2)10/h1-8H3;5H,1-4H3;1H. The van der Waals surface area contributed by atoms with Gasteiger partial charge in [-0.25, -0.2) is 17.6 Å². The van der Waals surface area contributed by atoms with E-state index in [0.29, 0.717) is 0 Å². The highest BCUT2D eigenvalue weighted by atomic mass is 79.9. The highest BCUT2D eigenvalue weighted by Gasteiger charge is 2.63. The van der Waals surface area contributed by atoms with Crippen LogP contribution >= 0.6 is 62.3 Å². The fourth-order valence-corrected chi connectivity index (χ4v) is 5.88. The van der Waals surface area contributed by atoms with Crippen molar-refractivity contribution < 1.29 is 45.5 Å². The summed E-state index contributed by atoms with van der Waals surface area (Å²) in [7, 11) is -1.92. The van der Waals surface area contributed by atoms with Crippen molar-refractivity contribution in [1.29, 1.82) is 0 Å². The van der Waals surface area contributed by atoms with Crippen molar-refractivity contribution in [2.24, 2.45) is 0 Å². The van der Waals surface area contributed by atoms with Crippen LogP contribution in [0.4, 0.5) is 17.6 Å². The quantitative estimate of drug-likeness (QED) is 0.130. The van der Waals surface area contributed by atoms with Crippen molar-refractivity contribution in [3.8, 4) is 0 Å². The summed E-state index contributed by atoms with van der Waals surface area (Å²) in [5, 5.41) is -1.72. The Kier molecular flexibility index (Phi) is 12.6. The van der Waals surface area contributed by atoms with Crippen molar-refractivity contribution in [3.63, 3.8) is 0 Å². The van der Waals surface area contributed by atoms with Crippen molar-refractivity contribution in [2.75, 3.05) is 0 Å². The fourth-order valence-electron chi connectivity index (χ4n) is 4.28. The molecule has 2 aromatic rings. The summed E-state index contributed by atoms with van der Waals surface area (Å²) in [5.41, 5.74) is -2.70. The SMILES string of the molecule is CC1(C)OB(B2OC(C)(C)C(C)(C)O2)OC1(C)C.CC1(C)OB(c2cc(Cl)c(F)c(Cl)c2F)OC1(C)C.Fc1c(Cl)cc(Br)c(F)c1Cl. The van der Waals surface area contributed by atoms with Crippen LogP contribution in [0.1, 0.15) is 83.1 Å². The fraction of sp³-hybridized carbons (Fsp3) is 0.600. The van der Waals surface area contributed by atoms with E-state index in [1.807, 2.05) is 83.1 Å². The van der Waals surface area contributed by atoms with E-state index in [2.05, 4.69) is 15.9 Å². The molecule has 48 heavy (non-hydrogen) atoms. The number of benzene rings is 2. The lowest BCUT2D eigenvalue weighted by molar-refractivity contribution is 0.00578. The Labute approximate surface area is 309 Å². The average Bonchev–Trinajstić information content (AvgIpc) is 3.41. The molecule has 0 bridgehead atoms. The normalized spacial score (nSPS) is 22.6. The van der Waals surface area contributed by atoms with Gasteiger partial charge in [0.15, 0.2) is 17.5 Å². The van der Waals surface area contributed by atoms with Gasteiger partial charge in [-0.05, 0) is 111 Å². The highest BCUT2D eigenvalue weighted by molar-refractivity contribution is 9.10. The molecule has 0 unspecified atom stereocenters. The van der Waals surface area contributed by atoms with Crippen LogP contribution in [0.15, 0.2) is 16.6 Å². The van der Waals surface area contributed by atoms with Gasteiger partial charge < -0.3 is 27.9 Å². The number of hydrogen-bond acceptors (Lipinski definition) is 6. The van der Waals surface area contributed by atoms with Crippen LogP contribution in [0.3, 0.4) is 0 Å². The molecular weight excluding hydrogens is 786 g/mol. The maximum absolute atomic E-state index is 14.0. The summed E-state index contributed by atoms with van der Waals surface area (Å²) in [6.07, 6.45) is 0. The number of rotatable bonds is 2. The number of hydrogen-bond donors (Lipinski definition) is 0. The Balaban J connectivity index is 0.000000203. The average molecular weight is 825 g/mol. The molecular formula is C30H38B3BrCl4F4O6. The summed E-state index contributed by atoms with van der Waals surface area (Å²) >= 11 is 24.6. The third kappa shape index (κ3) is 8.35. The molecule has 3 fully saturated rings. The summed E-state index contributed by atoms with van der Waals surface area (Å²) in [6.45, 7) is 23.5. The van der Waals surface area contributed by atoms with E-state index in [1.165, 1.54) is 0 Å². The van der Waals surface area contributed by atoms with Crippen LogP contribution in [0, 0.1) is 23.3 Å². The Bertz CT molecular complexity index is 1440. The minimum atomic E-state index is -0.985. The highest BCUT2D eigenvalue weighted by Crippen LogP contribution is 2.43. The van der Waals surface area contributed by atoms with Gasteiger partial charge in [0.2, 0.25) is 0 Å². The maximum Gasteiger partial charge on any atom is 0.497 e. The van der Waals surface area contributed by atoms with Gasteiger partial charge in [-0.3, -0.25) is 0 Å². The molecule has 3 heterocycles. The molecule has 0 aromatic heterocycles. The van der Waals surface area contributed by atoms with E-state index in [4.69, 9.17) is 74.3 Å². The summed E-state index contributed by atoms with van der Waals surface area (Å²) < 4.78 is 88.0. The smallest absolute Gasteiger partial charge is 0.405 e. The summed E-state index contributed by atoms with van der Waals surface area (Å²) in [4.78, 5) is 0. The molecule has 0 saturated carbocycles. The van der Waals surface area contributed by atoms with Gasteiger partial charge in [0, 0.05) is 5.46 Å². The van der Waals surface area contributed by atoms with Crippen LogP contribution in [-0.2, 0) is 27.9 Å². The summed E-state index contributed by atoms with van der Waals surface area (Å²) in [6, 6.07) is 2.25. The summed E-state index contributed by atoms with van der Waals surface area (Å²) in [5.74, 6) is -3.68.